The van der Waals surface area contributed by atoms with E-state index in [9.17, 15) is 14.0 Å². The summed E-state index contributed by atoms with van der Waals surface area (Å²) in [4.78, 5) is 23.9. The van der Waals surface area contributed by atoms with Gasteiger partial charge in [-0.25, -0.2) is 4.39 Å². The first-order chi connectivity index (χ1) is 13.9. The zero-order valence-corrected chi connectivity index (χ0v) is 16.4. The zero-order valence-electron chi connectivity index (χ0n) is 16.4. The molecule has 2 aromatic rings. The Bertz CT molecular complexity index is 868. The van der Waals surface area contributed by atoms with Gasteiger partial charge in [-0.15, -0.1) is 0 Å². The summed E-state index contributed by atoms with van der Waals surface area (Å²) in [7, 11) is 1.37. The Morgan fingerprint density at radius 1 is 1.10 bits per heavy atom. The number of methoxy groups -OCH3 is 1. The Hall–Kier alpha value is -3.55. The van der Waals surface area contributed by atoms with E-state index in [0.29, 0.717) is 23.7 Å². The van der Waals surface area contributed by atoms with Gasteiger partial charge in [0, 0.05) is 6.08 Å². The number of hydrazine groups is 1. The van der Waals surface area contributed by atoms with Crippen LogP contribution < -0.4 is 25.1 Å². The summed E-state index contributed by atoms with van der Waals surface area (Å²) in [6, 6.07) is 11.1. The monoisotopic (exact) mass is 402 g/mol. The lowest BCUT2D eigenvalue weighted by molar-refractivity contribution is -0.131. The summed E-state index contributed by atoms with van der Waals surface area (Å²) >= 11 is 0. The van der Waals surface area contributed by atoms with E-state index in [2.05, 4.69) is 10.9 Å². The van der Waals surface area contributed by atoms with E-state index >= 15 is 0 Å². The molecule has 29 heavy (non-hydrogen) atoms. The number of ether oxygens (including phenoxy) is 3. The molecule has 0 aliphatic carbocycles. The topological polar surface area (TPSA) is 85.9 Å². The Labute approximate surface area is 168 Å². The molecule has 0 unspecified atom stereocenters. The minimum absolute atomic E-state index is 0.111. The van der Waals surface area contributed by atoms with Crippen LogP contribution in [0.1, 0.15) is 19.4 Å². The van der Waals surface area contributed by atoms with Crippen molar-refractivity contribution in [3.8, 4) is 17.2 Å². The number of carbonyl (C=O) groups excluding carboxylic acids is 2. The average Bonchev–Trinajstić information content (AvgIpc) is 2.72. The average molecular weight is 402 g/mol. The first-order valence-electron chi connectivity index (χ1n) is 8.94. The third-order valence-electron chi connectivity index (χ3n) is 3.73. The van der Waals surface area contributed by atoms with Gasteiger partial charge in [0.25, 0.3) is 11.8 Å². The molecule has 0 saturated heterocycles. The summed E-state index contributed by atoms with van der Waals surface area (Å²) in [5, 5.41) is 0. The number of hydrogen-bond donors (Lipinski definition) is 2. The predicted molar refractivity (Wildman–Crippen MR) is 106 cm³/mol. The highest BCUT2D eigenvalue weighted by Crippen LogP contribution is 2.19. The van der Waals surface area contributed by atoms with Gasteiger partial charge in [0.05, 0.1) is 13.7 Å². The summed E-state index contributed by atoms with van der Waals surface area (Å²) in [6.45, 7) is 3.99. The van der Waals surface area contributed by atoms with Crippen molar-refractivity contribution >= 4 is 17.9 Å². The Kier molecular flexibility index (Phi) is 8.02. The van der Waals surface area contributed by atoms with Crippen LogP contribution in [0.3, 0.4) is 0 Å². The first kappa shape index (κ1) is 21.7. The van der Waals surface area contributed by atoms with Gasteiger partial charge in [-0.3, -0.25) is 20.4 Å². The second-order valence-corrected chi connectivity index (χ2v) is 5.87. The third-order valence-corrected chi connectivity index (χ3v) is 3.73. The first-order valence-corrected chi connectivity index (χ1v) is 8.94. The molecule has 0 spiro atoms. The van der Waals surface area contributed by atoms with Crippen molar-refractivity contribution in [1.82, 2.24) is 10.9 Å². The van der Waals surface area contributed by atoms with Crippen molar-refractivity contribution in [1.29, 1.82) is 0 Å². The van der Waals surface area contributed by atoms with Crippen molar-refractivity contribution in [2.24, 2.45) is 0 Å². The third kappa shape index (κ3) is 6.84. The minimum atomic E-state index is -0.840. The second-order valence-electron chi connectivity index (χ2n) is 5.87. The lowest BCUT2D eigenvalue weighted by Gasteiger charge is -2.15. The molecule has 1 atom stereocenters. The van der Waals surface area contributed by atoms with Crippen LogP contribution in [0.2, 0.25) is 0 Å². The highest BCUT2D eigenvalue weighted by atomic mass is 19.1. The van der Waals surface area contributed by atoms with Crippen molar-refractivity contribution in [2.45, 2.75) is 20.0 Å². The predicted octanol–water partition coefficient (Wildman–Crippen LogP) is 2.86. The van der Waals surface area contributed by atoms with E-state index in [-0.39, 0.29) is 5.75 Å². The molecule has 0 saturated carbocycles. The molecule has 0 heterocycles. The molecule has 2 N–H and O–H groups in total. The van der Waals surface area contributed by atoms with Crippen LogP contribution in [0.25, 0.3) is 6.08 Å². The molecular formula is C21H23FN2O5. The Morgan fingerprint density at radius 2 is 1.79 bits per heavy atom. The van der Waals surface area contributed by atoms with Crippen molar-refractivity contribution in [2.75, 3.05) is 13.7 Å². The summed E-state index contributed by atoms with van der Waals surface area (Å²) in [5.41, 5.74) is 4.97. The van der Waals surface area contributed by atoms with E-state index in [4.69, 9.17) is 14.2 Å². The maximum Gasteiger partial charge on any atom is 0.279 e. The molecule has 154 valence electrons. The Balaban J connectivity index is 1.81. The highest BCUT2D eigenvalue weighted by Gasteiger charge is 2.15. The lowest BCUT2D eigenvalue weighted by Crippen LogP contribution is -2.46. The van der Waals surface area contributed by atoms with Crippen LogP contribution in [0, 0.1) is 5.82 Å². The van der Waals surface area contributed by atoms with Gasteiger partial charge < -0.3 is 14.2 Å². The molecule has 0 aliphatic rings. The highest BCUT2D eigenvalue weighted by molar-refractivity contribution is 5.93. The number of nitrogens with one attached hydrogen (secondary N) is 2. The van der Waals surface area contributed by atoms with Gasteiger partial charge in [0.15, 0.2) is 17.7 Å². The zero-order chi connectivity index (χ0) is 21.2. The molecule has 0 radical (unpaired) electrons. The van der Waals surface area contributed by atoms with Gasteiger partial charge in [-0.1, -0.05) is 6.07 Å². The van der Waals surface area contributed by atoms with Gasteiger partial charge in [-0.05, 0) is 61.9 Å². The molecule has 2 aromatic carbocycles. The Morgan fingerprint density at radius 3 is 2.41 bits per heavy atom. The number of carbonyl (C=O) groups is 2. The minimum Gasteiger partial charge on any atom is -0.494 e. The maximum atomic E-state index is 13.6. The van der Waals surface area contributed by atoms with Gasteiger partial charge in [0.1, 0.15) is 11.5 Å². The van der Waals surface area contributed by atoms with E-state index in [1.165, 1.54) is 31.4 Å². The second kappa shape index (κ2) is 10.7. The molecule has 0 bridgehead atoms. The summed E-state index contributed by atoms with van der Waals surface area (Å²) in [6.07, 6.45) is 1.73. The summed E-state index contributed by atoms with van der Waals surface area (Å²) in [5.74, 6) is -0.348. The largest absolute Gasteiger partial charge is 0.494 e. The fraction of sp³-hybridized carbons (Fsp3) is 0.238. The molecule has 0 aromatic heterocycles. The lowest BCUT2D eigenvalue weighted by atomic mass is 10.2. The van der Waals surface area contributed by atoms with Gasteiger partial charge in [-0.2, -0.15) is 0 Å². The van der Waals surface area contributed by atoms with E-state index in [1.54, 1.807) is 37.3 Å². The van der Waals surface area contributed by atoms with Crippen molar-refractivity contribution < 1.29 is 28.2 Å². The van der Waals surface area contributed by atoms with E-state index in [0.717, 1.165) is 0 Å². The van der Waals surface area contributed by atoms with Gasteiger partial charge in [0.2, 0.25) is 0 Å². The maximum absolute atomic E-state index is 13.6. The standard InChI is InChI=1S/C21H23FN2O5/c1-4-28-16-7-9-17(10-8-16)29-14(2)21(26)24-23-20(25)12-6-15-5-11-19(27-3)18(22)13-15/h5-14H,4H2,1-3H3,(H,23,25)(H,24,26)/b12-6+/t14-/m0/s1. The van der Waals surface area contributed by atoms with Gasteiger partial charge >= 0.3 is 0 Å². The summed E-state index contributed by atoms with van der Waals surface area (Å²) < 4.78 is 29.3. The molecular weight excluding hydrogens is 379 g/mol. The molecule has 0 aliphatic heterocycles. The molecule has 2 amide bonds. The SMILES string of the molecule is CCOc1ccc(O[C@@H](C)C(=O)NNC(=O)/C=C/c2ccc(OC)c(F)c2)cc1. The number of hydrogen-bond acceptors (Lipinski definition) is 5. The van der Waals surface area contributed by atoms with Crippen LogP contribution in [-0.4, -0.2) is 31.6 Å². The number of halogens is 1. The smallest absolute Gasteiger partial charge is 0.279 e. The normalized spacial score (nSPS) is 11.6. The van der Waals surface area contributed by atoms with Crippen LogP contribution in [0.4, 0.5) is 4.39 Å². The number of benzene rings is 2. The van der Waals surface area contributed by atoms with Crippen LogP contribution >= 0.6 is 0 Å². The fourth-order valence-corrected chi connectivity index (χ4v) is 2.26. The van der Waals surface area contributed by atoms with E-state index in [1.807, 2.05) is 6.92 Å². The van der Waals surface area contributed by atoms with E-state index < -0.39 is 23.7 Å². The molecule has 2 rings (SSSR count). The van der Waals surface area contributed by atoms with Crippen LogP contribution in [0.15, 0.2) is 48.5 Å². The van der Waals surface area contributed by atoms with Crippen molar-refractivity contribution in [3.63, 3.8) is 0 Å². The molecule has 0 fully saturated rings. The molecule has 7 nitrogen and oxygen atoms in total. The van der Waals surface area contributed by atoms with Crippen LogP contribution in [0.5, 0.6) is 17.2 Å². The fourth-order valence-electron chi connectivity index (χ4n) is 2.26. The molecule has 8 heteroatoms. The quantitative estimate of drug-likeness (QED) is 0.524. The van der Waals surface area contributed by atoms with Crippen molar-refractivity contribution in [3.05, 3.63) is 59.9 Å². The number of rotatable bonds is 8. The van der Waals surface area contributed by atoms with Crippen LogP contribution in [-0.2, 0) is 9.59 Å². The number of amides is 2.